The van der Waals surface area contributed by atoms with Crippen molar-refractivity contribution in [2.45, 2.75) is 149 Å². The molecule has 186 valence electrons. The summed E-state index contributed by atoms with van der Waals surface area (Å²) in [5.74, 6) is -0.0730. The lowest BCUT2D eigenvalue weighted by Gasteiger charge is -2.22. The van der Waals surface area contributed by atoms with E-state index in [4.69, 9.17) is 4.74 Å². The summed E-state index contributed by atoms with van der Waals surface area (Å²) in [5.41, 5.74) is 0. The van der Waals surface area contributed by atoms with Crippen LogP contribution in [0.1, 0.15) is 149 Å². The Hall–Kier alpha value is -0.570. The highest BCUT2D eigenvalue weighted by Crippen LogP contribution is 2.13. The largest absolute Gasteiger partial charge is 0.469 e. The van der Waals surface area contributed by atoms with Crippen LogP contribution in [0.15, 0.2) is 0 Å². The molecule has 0 amide bonds. The second-order valence-electron chi connectivity index (χ2n) is 9.53. The number of nitrogens with zero attached hydrogens (tertiary/aromatic N) is 1. The van der Waals surface area contributed by atoms with Gasteiger partial charge in [0.2, 0.25) is 0 Å². The SMILES string of the molecule is CCCCCCCCCCCCN(CCCCCCCCCCCC)CCC(=O)OC. The summed E-state index contributed by atoms with van der Waals surface area (Å²) in [6.07, 6.45) is 28.1. The molecule has 0 aliphatic heterocycles. The van der Waals surface area contributed by atoms with Gasteiger partial charge in [-0.2, -0.15) is 0 Å². The summed E-state index contributed by atoms with van der Waals surface area (Å²) in [6, 6.07) is 0. The van der Waals surface area contributed by atoms with Crippen LogP contribution < -0.4 is 0 Å². The van der Waals surface area contributed by atoms with Gasteiger partial charge < -0.3 is 9.64 Å². The first kappa shape index (κ1) is 30.4. The number of rotatable bonds is 25. The van der Waals surface area contributed by atoms with E-state index in [0.29, 0.717) is 6.42 Å². The standard InChI is InChI=1S/C28H57NO2/c1-4-6-8-10-12-14-16-18-20-22-25-29(27-24-28(30)31-3)26-23-21-19-17-15-13-11-9-7-5-2/h4-27H2,1-3H3. The van der Waals surface area contributed by atoms with Gasteiger partial charge in [0.15, 0.2) is 0 Å². The van der Waals surface area contributed by atoms with Crippen LogP contribution in [-0.2, 0) is 9.53 Å². The molecule has 3 heteroatoms. The van der Waals surface area contributed by atoms with Gasteiger partial charge in [0.1, 0.15) is 0 Å². The minimum atomic E-state index is -0.0730. The third-order valence-corrected chi connectivity index (χ3v) is 6.52. The number of unbranched alkanes of at least 4 members (excludes halogenated alkanes) is 18. The number of hydrogen-bond donors (Lipinski definition) is 0. The molecule has 0 aromatic rings. The molecule has 0 radical (unpaired) electrons. The number of carbonyl (C=O) groups excluding carboxylic acids is 1. The van der Waals surface area contributed by atoms with Gasteiger partial charge in [0.25, 0.3) is 0 Å². The van der Waals surface area contributed by atoms with E-state index >= 15 is 0 Å². The normalized spacial score (nSPS) is 11.4. The highest BCUT2D eigenvalue weighted by atomic mass is 16.5. The second-order valence-corrected chi connectivity index (χ2v) is 9.53. The highest BCUT2D eigenvalue weighted by Gasteiger charge is 2.08. The maximum absolute atomic E-state index is 11.6. The molecular weight excluding hydrogens is 382 g/mol. The summed E-state index contributed by atoms with van der Waals surface area (Å²) in [4.78, 5) is 14.1. The molecule has 0 saturated heterocycles. The molecule has 0 aliphatic carbocycles. The molecule has 0 aromatic heterocycles. The van der Waals surface area contributed by atoms with Gasteiger partial charge in [-0.1, -0.05) is 129 Å². The molecule has 3 nitrogen and oxygen atoms in total. The zero-order valence-corrected chi connectivity index (χ0v) is 21.7. The molecule has 0 heterocycles. The van der Waals surface area contributed by atoms with Crippen molar-refractivity contribution in [1.82, 2.24) is 4.90 Å². The summed E-state index contributed by atoms with van der Waals surface area (Å²) in [5, 5.41) is 0. The average molecular weight is 440 g/mol. The second kappa shape index (κ2) is 25.7. The van der Waals surface area contributed by atoms with Crippen LogP contribution in [0.3, 0.4) is 0 Å². The van der Waals surface area contributed by atoms with E-state index in [-0.39, 0.29) is 5.97 Å². The van der Waals surface area contributed by atoms with Crippen molar-refractivity contribution in [3.05, 3.63) is 0 Å². The smallest absolute Gasteiger partial charge is 0.306 e. The molecule has 0 saturated carbocycles. The van der Waals surface area contributed by atoms with Crippen LogP contribution in [0.2, 0.25) is 0 Å². The fourth-order valence-corrected chi connectivity index (χ4v) is 4.33. The molecule has 0 aliphatic rings. The van der Waals surface area contributed by atoms with Gasteiger partial charge in [0, 0.05) is 6.54 Å². The summed E-state index contributed by atoms with van der Waals surface area (Å²) < 4.78 is 4.84. The molecule has 0 bridgehead atoms. The lowest BCUT2D eigenvalue weighted by Crippen LogP contribution is -2.29. The highest BCUT2D eigenvalue weighted by molar-refractivity contribution is 5.69. The molecule has 0 aromatic carbocycles. The first-order valence-corrected chi connectivity index (χ1v) is 14.0. The van der Waals surface area contributed by atoms with Gasteiger partial charge in [-0.15, -0.1) is 0 Å². The van der Waals surface area contributed by atoms with Crippen molar-refractivity contribution >= 4 is 5.97 Å². The zero-order chi connectivity index (χ0) is 22.8. The molecule has 0 atom stereocenters. The molecule has 0 rings (SSSR count). The first-order valence-electron chi connectivity index (χ1n) is 14.0. The maximum atomic E-state index is 11.6. The summed E-state index contributed by atoms with van der Waals surface area (Å²) >= 11 is 0. The minimum Gasteiger partial charge on any atom is -0.469 e. The van der Waals surface area contributed by atoms with Crippen molar-refractivity contribution in [1.29, 1.82) is 0 Å². The molecule has 0 fully saturated rings. The predicted molar refractivity (Wildman–Crippen MR) is 137 cm³/mol. The topological polar surface area (TPSA) is 29.5 Å². The Labute approximate surface area is 196 Å². The lowest BCUT2D eigenvalue weighted by atomic mass is 10.1. The van der Waals surface area contributed by atoms with Crippen molar-refractivity contribution in [2.75, 3.05) is 26.7 Å². The van der Waals surface area contributed by atoms with Gasteiger partial charge in [-0.25, -0.2) is 0 Å². The third-order valence-electron chi connectivity index (χ3n) is 6.52. The predicted octanol–water partition coefficient (Wildman–Crippen LogP) is 8.69. The Morgan fingerprint density at radius 2 is 0.839 bits per heavy atom. The Kier molecular flexibility index (Phi) is 25.2. The Bertz CT molecular complexity index is 335. The van der Waals surface area contributed by atoms with Gasteiger partial charge >= 0.3 is 5.97 Å². The van der Waals surface area contributed by atoms with E-state index in [9.17, 15) is 4.79 Å². The minimum absolute atomic E-state index is 0.0730. The van der Waals surface area contributed by atoms with E-state index in [1.807, 2.05) is 0 Å². The average Bonchev–Trinajstić information content (AvgIpc) is 2.78. The molecule has 0 spiro atoms. The number of ether oxygens (including phenoxy) is 1. The Balaban J connectivity index is 3.74. The van der Waals surface area contributed by atoms with E-state index in [1.54, 1.807) is 0 Å². The van der Waals surface area contributed by atoms with Gasteiger partial charge in [0.05, 0.1) is 13.5 Å². The van der Waals surface area contributed by atoms with Crippen LogP contribution in [0.5, 0.6) is 0 Å². The fraction of sp³-hybridized carbons (Fsp3) is 0.964. The summed E-state index contributed by atoms with van der Waals surface area (Å²) in [6.45, 7) is 7.72. The van der Waals surface area contributed by atoms with Gasteiger partial charge in [-0.3, -0.25) is 4.79 Å². The lowest BCUT2D eigenvalue weighted by molar-refractivity contribution is -0.141. The fourth-order valence-electron chi connectivity index (χ4n) is 4.33. The molecule has 0 unspecified atom stereocenters. The Morgan fingerprint density at radius 1 is 0.516 bits per heavy atom. The van der Waals surface area contributed by atoms with E-state index in [2.05, 4.69) is 18.7 Å². The number of esters is 1. The number of hydrogen-bond acceptors (Lipinski definition) is 3. The zero-order valence-electron chi connectivity index (χ0n) is 21.7. The van der Waals surface area contributed by atoms with E-state index in [0.717, 1.165) is 19.6 Å². The summed E-state index contributed by atoms with van der Waals surface area (Å²) in [7, 11) is 1.50. The van der Waals surface area contributed by atoms with Crippen molar-refractivity contribution in [2.24, 2.45) is 0 Å². The van der Waals surface area contributed by atoms with Crippen LogP contribution >= 0.6 is 0 Å². The quantitative estimate of drug-likeness (QED) is 0.105. The van der Waals surface area contributed by atoms with Crippen molar-refractivity contribution < 1.29 is 9.53 Å². The van der Waals surface area contributed by atoms with Gasteiger partial charge in [-0.05, 0) is 25.9 Å². The number of carbonyl (C=O) groups is 1. The molecule has 31 heavy (non-hydrogen) atoms. The van der Waals surface area contributed by atoms with E-state index in [1.165, 1.54) is 136 Å². The van der Waals surface area contributed by atoms with Crippen LogP contribution in [0.4, 0.5) is 0 Å². The van der Waals surface area contributed by atoms with Crippen molar-refractivity contribution in [3.63, 3.8) is 0 Å². The molecular formula is C28H57NO2. The van der Waals surface area contributed by atoms with E-state index < -0.39 is 0 Å². The van der Waals surface area contributed by atoms with Crippen LogP contribution in [-0.4, -0.2) is 37.6 Å². The monoisotopic (exact) mass is 439 g/mol. The Morgan fingerprint density at radius 3 is 1.16 bits per heavy atom. The maximum Gasteiger partial charge on any atom is 0.306 e. The van der Waals surface area contributed by atoms with Crippen molar-refractivity contribution in [3.8, 4) is 0 Å². The number of methoxy groups -OCH3 is 1. The first-order chi connectivity index (χ1) is 15.2. The van der Waals surface area contributed by atoms with Crippen LogP contribution in [0, 0.1) is 0 Å². The van der Waals surface area contributed by atoms with Crippen LogP contribution in [0.25, 0.3) is 0 Å². The third kappa shape index (κ3) is 23.9. The molecule has 0 N–H and O–H groups in total.